The lowest BCUT2D eigenvalue weighted by atomic mass is 9.93. The second kappa shape index (κ2) is 5.21. The molecule has 24 heavy (non-hydrogen) atoms. The summed E-state index contributed by atoms with van der Waals surface area (Å²) in [6, 6.07) is 16.5. The van der Waals surface area contributed by atoms with Crippen LogP contribution in [-0.2, 0) is 0 Å². The monoisotopic (exact) mass is 317 g/mol. The molecule has 5 rings (SSSR count). The number of aromatic nitrogens is 1. The average molecular weight is 317 g/mol. The van der Waals surface area contributed by atoms with Crippen molar-refractivity contribution in [3.8, 4) is 0 Å². The Morgan fingerprint density at radius 3 is 2.71 bits per heavy atom. The summed E-state index contributed by atoms with van der Waals surface area (Å²) in [5, 5.41) is 7.98. The number of aromatic amines is 1. The number of carbonyl (C=O) groups is 1. The Morgan fingerprint density at radius 2 is 1.83 bits per heavy atom. The van der Waals surface area contributed by atoms with Crippen molar-refractivity contribution in [2.45, 2.75) is 24.9 Å². The molecule has 2 aliphatic heterocycles. The molecule has 0 bridgehead atoms. The minimum Gasteiger partial charge on any atom is -0.357 e. The van der Waals surface area contributed by atoms with E-state index in [4.69, 9.17) is 0 Å². The van der Waals surface area contributed by atoms with E-state index in [0.717, 1.165) is 29.6 Å². The van der Waals surface area contributed by atoms with Gasteiger partial charge in [-0.1, -0.05) is 36.4 Å². The van der Waals surface area contributed by atoms with Crippen molar-refractivity contribution in [3.05, 3.63) is 70.9 Å². The quantitative estimate of drug-likeness (QED) is 0.678. The maximum Gasteiger partial charge on any atom is 0.252 e. The molecule has 2 aromatic carbocycles. The fourth-order valence-electron chi connectivity index (χ4n) is 4.17. The Bertz CT molecular complexity index is 937. The topological polar surface area (TPSA) is 56.9 Å². The van der Waals surface area contributed by atoms with E-state index in [1.165, 1.54) is 23.1 Å². The fraction of sp³-hybridized carbons (Fsp3) is 0.250. The van der Waals surface area contributed by atoms with E-state index >= 15 is 0 Å². The van der Waals surface area contributed by atoms with Gasteiger partial charge in [-0.15, -0.1) is 0 Å². The summed E-state index contributed by atoms with van der Waals surface area (Å²) in [6.07, 6.45) is 2.31. The standard InChI is InChI=1S/C20H19N3O/c24-20-13-7-2-1-6-12(13)18(23-20)17-14-8-3-4-9-15(14)22-19(17)16-10-5-11-21-16/h1-4,6-9,16,18,21-22H,5,10-11H2,(H,23,24)/t16-,18+/m1/s1. The molecular weight excluding hydrogens is 298 g/mol. The summed E-state index contributed by atoms with van der Waals surface area (Å²) in [7, 11) is 0. The maximum absolute atomic E-state index is 12.4. The highest BCUT2D eigenvalue weighted by Gasteiger charge is 2.34. The van der Waals surface area contributed by atoms with Crippen LogP contribution in [0.3, 0.4) is 0 Å². The van der Waals surface area contributed by atoms with Gasteiger partial charge in [0.05, 0.1) is 6.04 Å². The zero-order valence-electron chi connectivity index (χ0n) is 13.3. The predicted molar refractivity (Wildman–Crippen MR) is 94.0 cm³/mol. The highest BCUT2D eigenvalue weighted by molar-refractivity contribution is 6.01. The largest absolute Gasteiger partial charge is 0.357 e. The van der Waals surface area contributed by atoms with Gasteiger partial charge < -0.3 is 15.6 Å². The molecule has 4 nitrogen and oxygen atoms in total. The Balaban J connectivity index is 1.74. The second-order valence-corrected chi connectivity index (χ2v) is 6.64. The minimum absolute atomic E-state index is 0.0196. The molecule has 1 saturated heterocycles. The molecule has 2 atom stereocenters. The lowest BCUT2D eigenvalue weighted by Gasteiger charge is -2.18. The summed E-state index contributed by atoms with van der Waals surface area (Å²) in [6.45, 7) is 1.05. The molecule has 3 heterocycles. The first kappa shape index (κ1) is 13.8. The van der Waals surface area contributed by atoms with Crippen molar-refractivity contribution in [2.75, 3.05) is 6.54 Å². The van der Waals surface area contributed by atoms with Gasteiger partial charge in [-0.05, 0) is 37.1 Å². The van der Waals surface area contributed by atoms with Gasteiger partial charge in [0.1, 0.15) is 0 Å². The Kier molecular flexibility index (Phi) is 3.00. The van der Waals surface area contributed by atoms with Crippen LogP contribution >= 0.6 is 0 Å². The van der Waals surface area contributed by atoms with Gasteiger partial charge >= 0.3 is 0 Å². The van der Waals surface area contributed by atoms with Crippen molar-refractivity contribution in [1.29, 1.82) is 0 Å². The van der Waals surface area contributed by atoms with Crippen molar-refractivity contribution < 1.29 is 4.79 Å². The zero-order chi connectivity index (χ0) is 16.1. The first-order valence-corrected chi connectivity index (χ1v) is 8.56. The van der Waals surface area contributed by atoms with E-state index in [1.54, 1.807) is 0 Å². The number of hydrogen-bond donors (Lipinski definition) is 3. The van der Waals surface area contributed by atoms with Crippen LogP contribution in [0.15, 0.2) is 48.5 Å². The molecule has 1 aromatic heterocycles. The number of amides is 1. The van der Waals surface area contributed by atoms with Crippen LogP contribution in [-0.4, -0.2) is 17.4 Å². The first-order valence-electron chi connectivity index (χ1n) is 8.56. The van der Waals surface area contributed by atoms with Gasteiger partial charge in [0.15, 0.2) is 0 Å². The van der Waals surface area contributed by atoms with E-state index in [-0.39, 0.29) is 11.9 Å². The lowest BCUT2D eigenvalue weighted by Crippen LogP contribution is -2.23. The molecule has 2 aliphatic rings. The molecule has 3 aromatic rings. The maximum atomic E-state index is 12.4. The summed E-state index contributed by atoms with van der Waals surface area (Å²) in [5.74, 6) is 0.0196. The van der Waals surface area contributed by atoms with Gasteiger partial charge in [0.2, 0.25) is 0 Å². The van der Waals surface area contributed by atoms with Gasteiger partial charge in [0, 0.05) is 33.8 Å². The molecule has 0 spiro atoms. The Morgan fingerprint density at radius 1 is 1.00 bits per heavy atom. The third-order valence-corrected chi connectivity index (χ3v) is 5.27. The molecule has 3 N–H and O–H groups in total. The number of rotatable bonds is 2. The number of hydrogen-bond acceptors (Lipinski definition) is 2. The van der Waals surface area contributed by atoms with Crippen LogP contribution < -0.4 is 10.6 Å². The number of H-pyrrole nitrogens is 1. The summed E-state index contributed by atoms with van der Waals surface area (Å²) in [5.41, 5.74) is 5.43. The normalized spacial score (nSPS) is 22.8. The Hall–Kier alpha value is -2.59. The molecule has 0 aliphatic carbocycles. The Labute approximate surface area is 140 Å². The van der Waals surface area contributed by atoms with Crippen molar-refractivity contribution in [3.63, 3.8) is 0 Å². The molecule has 1 amide bonds. The van der Waals surface area contributed by atoms with Crippen LogP contribution in [0, 0.1) is 0 Å². The number of nitrogens with one attached hydrogen (secondary N) is 3. The highest BCUT2D eigenvalue weighted by Crippen LogP contribution is 2.40. The molecule has 0 unspecified atom stereocenters. The fourth-order valence-corrected chi connectivity index (χ4v) is 4.17. The van der Waals surface area contributed by atoms with Gasteiger partial charge in [-0.25, -0.2) is 0 Å². The highest BCUT2D eigenvalue weighted by atomic mass is 16.2. The second-order valence-electron chi connectivity index (χ2n) is 6.64. The van der Waals surface area contributed by atoms with Crippen LogP contribution in [0.1, 0.15) is 52.1 Å². The van der Waals surface area contributed by atoms with Crippen molar-refractivity contribution >= 4 is 16.8 Å². The molecule has 1 fully saturated rings. The third kappa shape index (κ3) is 1.93. The molecular formula is C20H19N3O. The van der Waals surface area contributed by atoms with Crippen LogP contribution in [0.25, 0.3) is 10.9 Å². The number of carbonyl (C=O) groups excluding carboxylic acids is 1. The van der Waals surface area contributed by atoms with E-state index < -0.39 is 0 Å². The molecule has 0 saturated carbocycles. The molecule has 120 valence electrons. The zero-order valence-corrected chi connectivity index (χ0v) is 13.3. The van der Waals surface area contributed by atoms with E-state index in [9.17, 15) is 4.79 Å². The average Bonchev–Trinajstić information content (AvgIpc) is 3.32. The van der Waals surface area contributed by atoms with Crippen LogP contribution in [0.2, 0.25) is 0 Å². The van der Waals surface area contributed by atoms with Crippen molar-refractivity contribution in [2.24, 2.45) is 0 Å². The van der Waals surface area contributed by atoms with E-state index in [2.05, 4.69) is 45.9 Å². The third-order valence-electron chi connectivity index (χ3n) is 5.27. The number of fused-ring (bicyclic) bond motifs is 2. The van der Waals surface area contributed by atoms with Gasteiger partial charge in [-0.3, -0.25) is 4.79 Å². The smallest absolute Gasteiger partial charge is 0.252 e. The molecule has 0 radical (unpaired) electrons. The summed E-state index contributed by atoms with van der Waals surface area (Å²) in [4.78, 5) is 16.0. The molecule has 4 heteroatoms. The lowest BCUT2D eigenvalue weighted by molar-refractivity contribution is 0.0960. The first-order chi connectivity index (χ1) is 11.8. The summed E-state index contributed by atoms with van der Waals surface area (Å²) >= 11 is 0. The number of para-hydroxylation sites is 1. The van der Waals surface area contributed by atoms with Crippen LogP contribution in [0.4, 0.5) is 0 Å². The SMILES string of the molecule is O=C1N[C@H](c2c([C@H]3CCCN3)[nH]c3ccccc23)c2ccccc21. The van der Waals surface area contributed by atoms with E-state index in [0.29, 0.717) is 6.04 Å². The predicted octanol–water partition coefficient (Wildman–Crippen LogP) is 3.43. The number of benzene rings is 2. The van der Waals surface area contributed by atoms with Crippen LogP contribution in [0.5, 0.6) is 0 Å². The van der Waals surface area contributed by atoms with Gasteiger partial charge in [0.25, 0.3) is 5.91 Å². The van der Waals surface area contributed by atoms with Gasteiger partial charge in [-0.2, -0.15) is 0 Å². The minimum atomic E-state index is -0.0813. The van der Waals surface area contributed by atoms with E-state index in [1.807, 2.05) is 18.2 Å². The summed E-state index contributed by atoms with van der Waals surface area (Å²) < 4.78 is 0. The van der Waals surface area contributed by atoms with Crippen molar-refractivity contribution in [1.82, 2.24) is 15.6 Å².